The molecule has 2 aromatic rings. The molecular weight excluding hydrogens is 407 g/mol. The number of nitrogens with two attached hydrogens (primary N) is 1. The number of hydrogen-bond acceptors (Lipinski definition) is 2. The number of benzene rings is 2. The molecule has 3 N–H and O–H groups in total. The third-order valence-corrected chi connectivity index (χ3v) is 4.99. The summed E-state index contributed by atoms with van der Waals surface area (Å²) in [6.07, 6.45) is 2.39. The summed E-state index contributed by atoms with van der Waals surface area (Å²) < 4.78 is 14.6. The van der Waals surface area contributed by atoms with E-state index in [0.29, 0.717) is 6.42 Å². The van der Waals surface area contributed by atoms with E-state index in [9.17, 15) is 9.18 Å². The highest BCUT2D eigenvalue weighted by atomic mass is 79.9. The van der Waals surface area contributed by atoms with Gasteiger partial charge in [0.15, 0.2) is 0 Å². The molecule has 134 valence electrons. The molecule has 3 unspecified atom stereocenters. The molecule has 0 spiro atoms. The summed E-state index contributed by atoms with van der Waals surface area (Å²) in [6.45, 7) is 0. The first-order chi connectivity index (χ1) is 11.5. The lowest BCUT2D eigenvalue weighted by Gasteiger charge is -2.22. The van der Waals surface area contributed by atoms with E-state index in [1.54, 1.807) is 6.07 Å². The number of nitrogens with one attached hydrogen (secondary N) is 1. The van der Waals surface area contributed by atoms with E-state index in [4.69, 9.17) is 5.73 Å². The van der Waals surface area contributed by atoms with E-state index in [0.717, 1.165) is 28.4 Å². The van der Waals surface area contributed by atoms with Gasteiger partial charge in [-0.3, -0.25) is 4.79 Å². The number of rotatable bonds is 4. The van der Waals surface area contributed by atoms with Crippen molar-refractivity contribution in [2.45, 2.75) is 31.3 Å². The molecule has 6 heteroatoms. The molecule has 0 aromatic heterocycles. The predicted octanol–water partition coefficient (Wildman–Crippen LogP) is 4.34. The van der Waals surface area contributed by atoms with Crippen LogP contribution in [0.1, 0.15) is 36.4 Å². The Labute approximate surface area is 161 Å². The van der Waals surface area contributed by atoms with E-state index in [1.165, 1.54) is 12.1 Å². The van der Waals surface area contributed by atoms with Crippen LogP contribution in [0.5, 0.6) is 0 Å². The first-order valence-corrected chi connectivity index (χ1v) is 8.89. The molecule has 1 aliphatic carbocycles. The fraction of sp³-hybridized carbons (Fsp3) is 0.316. The Hall–Kier alpha value is -1.43. The maximum atomic E-state index is 13.7. The molecule has 0 radical (unpaired) electrons. The van der Waals surface area contributed by atoms with Crippen LogP contribution in [-0.2, 0) is 4.79 Å². The van der Waals surface area contributed by atoms with Gasteiger partial charge in [0.25, 0.3) is 0 Å². The first kappa shape index (κ1) is 19.9. The second-order valence-corrected chi connectivity index (χ2v) is 7.24. The molecule has 0 aliphatic heterocycles. The topological polar surface area (TPSA) is 55.1 Å². The van der Waals surface area contributed by atoms with E-state index in [2.05, 4.69) is 21.2 Å². The van der Waals surface area contributed by atoms with Crippen molar-refractivity contribution in [2.75, 3.05) is 0 Å². The summed E-state index contributed by atoms with van der Waals surface area (Å²) in [7, 11) is 0. The van der Waals surface area contributed by atoms with Gasteiger partial charge in [-0.05, 0) is 54.7 Å². The normalized spacial score (nSPS) is 20.6. The second-order valence-electron chi connectivity index (χ2n) is 6.32. The Kier molecular flexibility index (Phi) is 6.99. The van der Waals surface area contributed by atoms with Crippen LogP contribution in [0.15, 0.2) is 53.0 Å². The Morgan fingerprint density at radius 1 is 1.16 bits per heavy atom. The molecular formula is C19H21BrClFN2O. The zero-order valence-electron chi connectivity index (χ0n) is 13.6. The van der Waals surface area contributed by atoms with Gasteiger partial charge in [-0.25, -0.2) is 4.39 Å². The fourth-order valence-corrected chi connectivity index (χ4v) is 3.66. The average molecular weight is 428 g/mol. The van der Waals surface area contributed by atoms with Crippen molar-refractivity contribution in [3.8, 4) is 0 Å². The summed E-state index contributed by atoms with van der Waals surface area (Å²) >= 11 is 3.45. The molecule has 2 aromatic carbocycles. The molecule has 0 bridgehead atoms. The summed E-state index contributed by atoms with van der Waals surface area (Å²) in [5.41, 5.74) is 7.55. The van der Waals surface area contributed by atoms with Crippen molar-refractivity contribution in [2.24, 2.45) is 11.7 Å². The molecule has 0 heterocycles. The van der Waals surface area contributed by atoms with Gasteiger partial charge in [-0.15, -0.1) is 12.4 Å². The Bertz CT molecular complexity index is 697. The van der Waals surface area contributed by atoms with E-state index >= 15 is 0 Å². The maximum Gasteiger partial charge on any atom is 0.223 e. The summed E-state index contributed by atoms with van der Waals surface area (Å²) in [5.74, 6) is -0.398. The standard InChI is InChI=1S/C19H20BrFN2O.ClH/c20-15-5-1-3-12(9-15)18(13-4-2-6-16(21)10-13)23-19(24)14-7-8-17(22)11-14;/h1-6,9-10,14,17-18H,7-8,11,22H2,(H,23,24);1H. The van der Waals surface area contributed by atoms with Gasteiger partial charge in [0.05, 0.1) is 6.04 Å². The zero-order chi connectivity index (χ0) is 17.1. The van der Waals surface area contributed by atoms with Gasteiger partial charge in [0, 0.05) is 16.4 Å². The minimum absolute atomic E-state index is 0. The molecule has 1 aliphatic rings. The number of amides is 1. The summed E-state index contributed by atoms with van der Waals surface area (Å²) in [6, 6.07) is 13.8. The van der Waals surface area contributed by atoms with Crippen LogP contribution in [0.2, 0.25) is 0 Å². The zero-order valence-corrected chi connectivity index (χ0v) is 16.0. The van der Waals surface area contributed by atoms with Gasteiger partial charge in [-0.2, -0.15) is 0 Å². The molecule has 25 heavy (non-hydrogen) atoms. The third kappa shape index (κ3) is 5.03. The van der Waals surface area contributed by atoms with E-state index < -0.39 is 0 Å². The van der Waals surface area contributed by atoms with Crippen LogP contribution in [0.25, 0.3) is 0 Å². The molecule has 1 saturated carbocycles. The molecule has 0 saturated heterocycles. The highest BCUT2D eigenvalue weighted by Gasteiger charge is 2.29. The van der Waals surface area contributed by atoms with Gasteiger partial charge in [0.1, 0.15) is 5.82 Å². The van der Waals surface area contributed by atoms with Crippen LogP contribution in [-0.4, -0.2) is 11.9 Å². The maximum absolute atomic E-state index is 13.7. The highest BCUT2D eigenvalue weighted by Crippen LogP contribution is 2.29. The fourth-order valence-electron chi connectivity index (χ4n) is 3.25. The SMILES string of the molecule is Cl.NC1CCC(C(=O)NC(c2cccc(F)c2)c2cccc(Br)c2)C1. The van der Waals surface area contributed by atoms with Crippen LogP contribution in [0.4, 0.5) is 4.39 Å². The number of carbonyl (C=O) groups excluding carboxylic acids is 1. The third-order valence-electron chi connectivity index (χ3n) is 4.49. The Morgan fingerprint density at radius 2 is 1.84 bits per heavy atom. The lowest BCUT2D eigenvalue weighted by molar-refractivity contribution is -0.125. The van der Waals surface area contributed by atoms with Crippen LogP contribution in [0, 0.1) is 11.7 Å². The summed E-state index contributed by atoms with van der Waals surface area (Å²) in [5, 5.41) is 3.08. The van der Waals surface area contributed by atoms with Gasteiger partial charge < -0.3 is 11.1 Å². The second kappa shape index (κ2) is 8.79. The van der Waals surface area contributed by atoms with Crippen molar-refractivity contribution in [3.63, 3.8) is 0 Å². The first-order valence-electron chi connectivity index (χ1n) is 8.10. The number of carbonyl (C=O) groups is 1. The predicted molar refractivity (Wildman–Crippen MR) is 103 cm³/mol. The van der Waals surface area contributed by atoms with Gasteiger partial charge in [0.2, 0.25) is 5.91 Å². The number of halogens is 3. The average Bonchev–Trinajstić information content (AvgIpc) is 2.99. The largest absolute Gasteiger partial charge is 0.345 e. The van der Waals surface area contributed by atoms with Crippen molar-refractivity contribution in [3.05, 3.63) is 69.9 Å². The Balaban J connectivity index is 0.00000225. The smallest absolute Gasteiger partial charge is 0.223 e. The Morgan fingerprint density at radius 3 is 2.44 bits per heavy atom. The van der Waals surface area contributed by atoms with Crippen LogP contribution in [0.3, 0.4) is 0 Å². The monoisotopic (exact) mass is 426 g/mol. The van der Waals surface area contributed by atoms with Crippen molar-refractivity contribution in [1.29, 1.82) is 0 Å². The van der Waals surface area contributed by atoms with Crippen molar-refractivity contribution >= 4 is 34.2 Å². The van der Waals surface area contributed by atoms with Crippen LogP contribution < -0.4 is 11.1 Å². The highest BCUT2D eigenvalue weighted by molar-refractivity contribution is 9.10. The van der Waals surface area contributed by atoms with Crippen molar-refractivity contribution < 1.29 is 9.18 Å². The van der Waals surface area contributed by atoms with E-state index in [-0.39, 0.29) is 42.1 Å². The van der Waals surface area contributed by atoms with Gasteiger partial charge >= 0.3 is 0 Å². The minimum Gasteiger partial charge on any atom is -0.345 e. The molecule has 1 amide bonds. The van der Waals surface area contributed by atoms with Crippen molar-refractivity contribution in [1.82, 2.24) is 5.32 Å². The molecule has 3 nitrogen and oxygen atoms in total. The van der Waals surface area contributed by atoms with Gasteiger partial charge in [-0.1, -0.05) is 40.2 Å². The van der Waals surface area contributed by atoms with E-state index in [1.807, 2.05) is 30.3 Å². The minimum atomic E-state index is -0.387. The molecule has 3 rings (SSSR count). The number of hydrogen-bond donors (Lipinski definition) is 2. The summed E-state index contributed by atoms with van der Waals surface area (Å²) in [4.78, 5) is 12.6. The lowest BCUT2D eigenvalue weighted by atomic mass is 9.97. The van der Waals surface area contributed by atoms with Crippen LogP contribution >= 0.6 is 28.3 Å². The quantitative estimate of drug-likeness (QED) is 0.762. The molecule has 1 fully saturated rings. The molecule has 3 atom stereocenters. The lowest BCUT2D eigenvalue weighted by Crippen LogP contribution is -2.34.